The lowest BCUT2D eigenvalue weighted by Crippen LogP contribution is -2.30. The lowest BCUT2D eigenvalue weighted by Gasteiger charge is -2.16. The molecule has 0 spiro atoms. The lowest BCUT2D eigenvalue weighted by atomic mass is 10.1. The van der Waals surface area contributed by atoms with Gasteiger partial charge in [0.25, 0.3) is 0 Å². The van der Waals surface area contributed by atoms with Gasteiger partial charge in [-0.1, -0.05) is 0 Å². The third-order valence-corrected chi connectivity index (χ3v) is 2.06. The molecule has 7 nitrogen and oxygen atoms in total. The molecular formula is C10H15N3O4. The number of ether oxygens (including phenoxy) is 1. The summed E-state index contributed by atoms with van der Waals surface area (Å²) in [4.78, 5) is 18.9. The molecule has 0 aliphatic heterocycles. The quantitative estimate of drug-likeness (QED) is 0.595. The minimum absolute atomic E-state index is 0.137. The molecule has 17 heavy (non-hydrogen) atoms. The molecule has 0 fully saturated rings. The first-order chi connectivity index (χ1) is 8.10. The Morgan fingerprint density at radius 1 is 1.47 bits per heavy atom. The van der Waals surface area contributed by atoms with Crippen LogP contribution in [0.4, 0.5) is 5.95 Å². The standard InChI is InChI=1S/C10H15N3O4/c1-3-17-9(16)8(15)7(14)6-4-12-10(11-2)13-5-6/h4-5,7-8,14-15H,3H2,1-2H3,(H,11,12,13). The van der Waals surface area contributed by atoms with E-state index in [4.69, 9.17) is 0 Å². The Kier molecular flexibility index (Phi) is 4.80. The number of hydrogen-bond acceptors (Lipinski definition) is 7. The summed E-state index contributed by atoms with van der Waals surface area (Å²) in [6, 6.07) is 0. The van der Waals surface area contributed by atoms with Gasteiger partial charge in [0.05, 0.1) is 6.61 Å². The van der Waals surface area contributed by atoms with Crippen molar-refractivity contribution in [1.82, 2.24) is 9.97 Å². The van der Waals surface area contributed by atoms with Gasteiger partial charge in [-0.25, -0.2) is 14.8 Å². The number of anilines is 1. The molecule has 7 heteroatoms. The molecule has 1 rings (SSSR count). The Morgan fingerprint density at radius 2 is 2.06 bits per heavy atom. The molecule has 0 bridgehead atoms. The summed E-state index contributed by atoms with van der Waals surface area (Å²) >= 11 is 0. The van der Waals surface area contributed by atoms with Crippen LogP contribution in [0.15, 0.2) is 12.4 Å². The molecule has 0 radical (unpaired) electrons. The molecule has 0 aliphatic rings. The van der Waals surface area contributed by atoms with E-state index >= 15 is 0 Å². The zero-order valence-electron chi connectivity index (χ0n) is 9.62. The van der Waals surface area contributed by atoms with Gasteiger partial charge in [0.2, 0.25) is 5.95 Å². The second-order valence-corrected chi connectivity index (χ2v) is 3.23. The van der Waals surface area contributed by atoms with Crippen LogP contribution >= 0.6 is 0 Å². The predicted molar refractivity (Wildman–Crippen MR) is 59.2 cm³/mol. The van der Waals surface area contributed by atoms with Gasteiger partial charge in [0, 0.05) is 25.0 Å². The summed E-state index contributed by atoms with van der Waals surface area (Å²) in [7, 11) is 1.65. The maximum Gasteiger partial charge on any atom is 0.338 e. The molecule has 2 atom stereocenters. The maximum absolute atomic E-state index is 11.2. The molecular weight excluding hydrogens is 226 g/mol. The molecule has 1 heterocycles. The number of aromatic nitrogens is 2. The minimum Gasteiger partial charge on any atom is -0.464 e. The summed E-state index contributed by atoms with van der Waals surface area (Å²) in [5.74, 6) is -0.496. The Labute approximate surface area is 98.5 Å². The number of aliphatic hydroxyl groups is 2. The average Bonchev–Trinajstić information content (AvgIpc) is 2.37. The van der Waals surface area contributed by atoms with E-state index in [0.717, 1.165) is 0 Å². The highest BCUT2D eigenvalue weighted by molar-refractivity contribution is 5.75. The zero-order chi connectivity index (χ0) is 12.8. The number of nitrogens with zero attached hydrogens (tertiary/aromatic N) is 2. The van der Waals surface area contributed by atoms with Crippen molar-refractivity contribution in [3.63, 3.8) is 0 Å². The molecule has 0 saturated carbocycles. The Morgan fingerprint density at radius 3 is 2.53 bits per heavy atom. The molecule has 94 valence electrons. The van der Waals surface area contributed by atoms with Crippen molar-refractivity contribution in [2.75, 3.05) is 19.0 Å². The van der Waals surface area contributed by atoms with Crippen LogP contribution < -0.4 is 5.32 Å². The van der Waals surface area contributed by atoms with Crippen LogP contribution in [0.5, 0.6) is 0 Å². The van der Waals surface area contributed by atoms with Gasteiger partial charge < -0.3 is 20.3 Å². The van der Waals surface area contributed by atoms with Crippen molar-refractivity contribution in [3.05, 3.63) is 18.0 Å². The third-order valence-electron chi connectivity index (χ3n) is 2.06. The van der Waals surface area contributed by atoms with Gasteiger partial charge in [0.15, 0.2) is 6.10 Å². The zero-order valence-corrected chi connectivity index (χ0v) is 9.62. The second kappa shape index (κ2) is 6.12. The number of carbonyl (C=O) groups is 1. The summed E-state index contributed by atoms with van der Waals surface area (Å²) in [5.41, 5.74) is 0.240. The fraction of sp³-hybridized carbons (Fsp3) is 0.500. The van der Waals surface area contributed by atoms with Gasteiger partial charge in [0.1, 0.15) is 6.10 Å². The predicted octanol–water partition coefficient (Wildman–Crippen LogP) is -0.524. The largest absolute Gasteiger partial charge is 0.464 e. The Balaban J connectivity index is 2.73. The average molecular weight is 241 g/mol. The second-order valence-electron chi connectivity index (χ2n) is 3.23. The smallest absolute Gasteiger partial charge is 0.338 e. The molecule has 2 unspecified atom stereocenters. The van der Waals surface area contributed by atoms with E-state index in [1.165, 1.54) is 12.4 Å². The molecule has 0 amide bonds. The SMILES string of the molecule is CCOC(=O)C(O)C(O)c1cnc(NC)nc1. The van der Waals surface area contributed by atoms with Crippen molar-refractivity contribution < 1.29 is 19.7 Å². The number of rotatable bonds is 5. The minimum atomic E-state index is -1.64. The van der Waals surface area contributed by atoms with E-state index in [2.05, 4.69) is 20.0 Å². The Bertz CT molecular complexity index is 368. The van der Waals surface area contributed by atoms with E-state index in [-0.39, 0.29) is 12.2 Å². The molecule has 3 N–H and O–H groups in total. The number of nitrogens with one attached hydrogen (secondary N) is 1. The lowest BCUT2D eigenvalue weighted by molar-refractivity contribution is -0.159. The highest BCUT2D eigenvalue weighted by Crippen LogP contribution is 2.16. The van der Waals surface area contributed by atoms with Crippen molar-refractivity contribution in [3.8, 4) is 0 Å². The topological polar surface area (TPSA) is 105 Å². The van der Waals surface area contributed by atoms with Crippen molar-refractivity contribution in [2.45, 2.75) is 19.1 Å². The van der Waals surface area contributed by atoms with Crippen LogP contribution in [0.1, 0.15) is 18.6 Å². The van der Waals surface area contributed by atoms with Gasteiger partial charge in [-0.15, -0.1) is 0 Å². The fourth-order valence-electron chi connectivity index (χ4n) is 1.16. The molecule has 0 aromatic carbocycles. The van der Waals surface area contributed by atoms with E-state index in [1.807, 2.05) is 0 Å². The summed E-state index contributed by atoms with van der Waals surface area (Å²) in [6.45, 7) is 1.75. The summed E-state index contributed by atoms with van der Waals surface area (Å²) < 4.78 is 4.59. The van der Waals surface area contributed by atoms with Crippen LogP contribution in [0.25, 0.3) is 0 Å². The van der Waals surface area contributed by atoms with E-state index in [1.54, 1.807) is 14.0 Å². The molecule has 1 aromatic heterocycles. The molecule has 0 aliphatic carbocycles. The number of carbonyl (C=O) groups excluding carboxylic acids is 1. The summed E-state index contributed by atoms with van der Waals surface area (Å²) in [5, 5.41) is 21.9. The first-order valence-corrected chi connectivity index (χ1v) is 5.12. The van der Waals surface area contributed by atoms with E-state index in [0.29, 0.717) is 5.95 Å². The fourth-order valence-corrected chi connectivity index (χ4v) is 1.16. The Hall–Kier alpha value is -1.73. The van der Waals surface area contributed by atoms with Crippen molar-refractivity contribution in [2.24, 2.45) is 0 Å². The normalized spacial score (nSPS) is 13.9. The number of aliphatic hydroxyl groups excluding tert-OH is 2. The van der Waals surface area contributed by atoms with Crippen LogP contribution in [0, 0.1) is 0 Å². The first kappa shape index (κ1) is 13.3. The first-order valence-electron chi connectivity index (χ1n) is 5.12. The molecule has 1 aromatic rings. The van der Waals surface area contributed by atoms with Crippen LogP contribution in [0.3, 0.4) is 0 Å². The van der Waals surface area contributed by atoms with E-state index < -0.39 is 18.2 Å². The highest BCUT2D eigenvalue weighted by atomic mass is 16.5. The van der Waals surface area contributed by atoms with Crippen molar-refractivity contribution >= 4 is 11.9 Å². The van der Waals surface area contributed by atoms with Gasteiger partial charge in [-0.05, 0) is 6.92 Å². The number of esters is 1. The van der Waals surface area contributed by atoms with E-state index in [9.17, 15) is 15.0 Å². The molecule has 0 saturated heterocycles. The van der Waals surface area contributed by atoms with Crippen LogP contribution in [-0.2, 0) is 9.53 Å². The van der Waals surface area contributed by atoms with Gasteiger partial charge in [-0.3, -0.25) is 0 Å². The van der Waals surface area contributed by atoms with Crippen LogP contribution in [-0.4, -0.2) is 45.9 Å². The monoisotopic (exact) mass is 241 g/mol. The highest BCUT2D eigenvalue weighted by Gasteiger charge is 2.27. The maximum atomic E-state index is 11.2. The third kappa shape index (κ3) is 3.36. The number of hydrogen-bond donors (Lipinski definition) is 3. The van der Waals surface area contributed by atoms with Crippen LogP contribution in [0.2, 0.25) is 0 Å². The summed E-state index contributed by atoms with van der Waals surface area (Å²) in [6.07, 6.45) is -0.392. The van der Waals surface area contributed by atoms with Crippen molar-refractivity contribution in [1.29, 1.82) is 0 Å². The van der Waals surface area contributed by atoms with Gasteiger partial charge in [-0.2, -0.15) is 0 Å². The van der Waals surface area contributed by atoms with Gasteiger partial charge >= 0.3 is 5.97 Å².